The summed E-state index contributed by atoms with van der Waals surface area (Å²) in [6, 6.07) is 6.77. The average Bonchev–Trinajstić information content (AvgIpc) is 2.43. The quantitative estimate of drug-likeness (QED) is 0.661. The fourth-order valence-electron chi connectivity index (χ4n) is 1.44. The molecule has 0 radical (unpaired) electrons. The molecule has 0 aliphatic rings. The Morgan fingerprint density at radius 2 is 2.00 bits per heavy atom. The minimum absolute atomic E-state index is 0.0750. The van der Waals surface area contributed by atoms with E-state index in [9.17, 15) is 9.59 Å². The maximum atomic E-state index is 11.9. The Labute approximate surface area is 112 Å². The van der Waals surface area contributed by atoms with Crippen LogP contribution in [0.4, 0.5) is 0 Å². The molecule has 0 heterocycles. The van der Waals surface area contributed by atoms with Crippen molar-refractivity contribution in [2.24, 2.45) is 0 Å². The first-order valence-corrected chi connectivity index (χ1v) is 5.92. The molecule has 100 valence electrons. The summed E-state index contributed by atoms with van der Waals surface area (Å²) in [5.74, 6) is 4.58. The summed E-state index contributed by atoms with van der Waals surface area (Å²) in [7, 11) is 0. The van der Waals surface area contributed by atoms with Crippen LogP contribution in [-0.4, -0.2) is 36.6 Å². The maximum absolute atomic E-state index is 11.9. The van der Waals surface area contributed by atoms with E-state index in [2.05, 4.69) is 22.5 Å². The SMILES string of the molecule is CCNC(=O)CNC(=O)c1ccccc1C#CCO. The van der Waals surface area contributed by atoms with Gasteiger partial charge in [-0.05, 0) is 19.1 Å². The minimum Gasteiger partial charge on any atom is -0.384 e. The van der Waals surface area contributed by atoms with Crippen molar-refractivity contribution in [1.29, 1.82) is 0 Å². The number of nitrogens with one attached hydrogen (secondary N) is 2. The Morgan fingerprint density at radius 3 is 2.68 bits per heavy atom. The predicted octanol–water partition coefficient (Wildman–Crippen LogP) is -0.104. The number of carbonyl (C=O) groups excluding carboxylic acids is 2. The first kappa shape index (κ1) is 14.7. The van der Waals surface area contributed by atoms with Crippen LogP contribution in [0, 0.1) is 11.8 Å². The lowest BCUT2D eigenvalue weighted by molar-refractivity contribution is -0.120. The average molecular weight is 260 g/mol. The number of amides is 2. The van der Waals surface area contributed by atoms with E-state index in [0.29, 0.717) is 17.7 Å². The molecule has 0 bridgehead atoms. The third kappa shape index (κ3) is 4.82. The molecule has 5 nitrogen and oxygen atoms in total. The number of rotatable bonds is 4. The van der Waals surface area contributed by atoms with E-state index in [1.807, 2.05) is 0 Å². The molecule has 1 rings (SSSR count). The van der Waals surface area contributed by atoms with Crippen molar-refractivity contribution in [2.75, 3.05) is 19.7 Å². The van der Waals surface area contributed by atoms with E-state index in [1.54, 1.807) is 31.2 Å². The van der Waals surface area contributed by atoms with Crippen LogP contribution in [0.5, 0.6) is 0 Å². The first-order valence-electron chi connectivity index (χ1n) is 5.92. The van der Waals surface area contributed by atoms with E-state index in [1.165, 1.54) is 0 Å². The monoisotopic (exact) mass is 260 g/mol. The molecule has 0 aliphatic carbocycles. The van der Waals surface area contributed by atoms with Crippen molar-refractivity contribution in [3.63, 3.8) is 0 Å². The third-order valence-corrected chi connectivity index (χ3v) is 2.26. The molecule has 0 atom stereocenters. The van der Waals surface area contributed by atoms with Gasteiger partial charge in [0.05, 0.1) is 12.1 Å². The normalized spacial score (nSPS) is 9.16. The largest absolute Gasteiger partial charge is 0.384 e. The fraction of sp³-hybridized carbons (Fsp3) is 0.286. The Hall–Kier alpha value is -2.32. The molecular formula is C14H16N2O3. The zero-order chi connectivity index (χ0) is 14.1. The second-order valence-electron chi connectivity index (χ2n) is 3.64. The molecule has 0 unspecified atom stereocenters. The topological polar surface area (TPSA) is 78.4 Å². The van der Waals surface area contributed by atoms with Crippen molar-refractivity contribution in [1.82, 2.24) is 10.6 Å². The van der Waals surface area contributed by atoms with E-state index < -0.39 is 0 Å². The van der Waals surface area contributed by atoms with Gasteiger partial charge in [-0.3, -0.25) is 9.59 Å². The highest BCUT2D eigenvalue weighted by atomic mass is 16.2. The molecule has 1 aromatic carbocycles. The van der Waals surface area contributed by atoms with Crippen molar-refractivity contribution in [2.45, 2.75) is 6.92 Å². The Morgan fingerprint density at radius 1 is 1.26 bits per heavy atom. The van der Waals surface area contributed by atoms with Crippen LogP contribution in [0.15, 0.2) is 24.3 Å². The standard InChI is InChI=1S/C14H16N2O3/c1-2-15-13(18)10-16-14(19)12-8-4-3-6-11(12)7-5-9-17/h3-4,6,8,17H,2,9-10H2,1H3,(H,15,18)(H,16,19). The summed E-state index contributed by atoms with van der Waals surface area (Å²) in [4.78, 5) is 23.2. The van der Waals surface area contributed by atoms with Gasteiger partial charge in [0.2, 0.25) is 5.91 Å². The molecule has 1 aromatic rings. The summed E-state index contributed by atoms with van der Waals surface area (Å²) in [6.07, 6.45) is 0. The van der Waals surface area contributed by atoms with Crippen molar-refractivity contribution < 1.29 is 14.7 Å². The Balaban J connectivity index is 2.74. The van der Waals surface area contributed by atoms with Gasteiger partial charge in [-0.2, -0.15) is 0 Å². The molecule has 3 N–H and O–H groups in total. The number of carbonyl (C=O) groups is 2. The van der Waals surface area contributed by atoms with Gasteiger partial charge < -0.3 is 15.7 Å². The first-order chi connectivity index (χ1) is 9.19. The number of hydrogen-bond acceptors (Lipinski definition) is 3. The van der Waals surface area contributed by atoms with Gasteiger partial charge in [0.15, 0.2) is 0 Å². The predicted molar refractivity (Wildman–Crippen MR) is 71.4 cm³/mol. The van der Waals surface area contributed by atoms with E-state index in [0.717, 1.165) is 0 Å². The smallest absolute Gasteiger partial charge is 0.252 e. The van der Waals surface area contributed by atoms with Crippen LogP contribution in [0.3, 0.4) is 0 Å². The van der Waals surface area contributed by atoms with Gasteiger partial charge in [0.25, 0.3) is 5.91 Å². The van der Waals surface area contributed by atoms with Crippen molar-refractivity contribution in [3.05, 3.63) is 35.4 Å². The maximum Gasteiger partial charge on any atom is 0.252 e. The van der Waals surface area contributed by atoms with E-state index in [-0.39, 0.29) is 25.0 Å². The highest BCUT2D eigenvalue weighted by Crippen LogP contribution is 2.06. The molecule has 0 saturated carbocycles. The molecule has 0 saturated heterocycles. The minimum atomic E-state index is -0.367. The molecular weight excluding hydrogens is 244 g/mol. The molecule has 2 amide bonds. The summed E-state index contributed by atoms with van der Waals surface area (Å²) in [6.45, 7) is 1.98. The second kappa shape index (κ2) is 7.90. The van der Waals surface area contributed by atoms with Crippen LogP contribution < -0.4 is 10.6 Å². The number of hydrogen-bond donors (Lipinski definition) is 3. The number of aliphatic hydroxyl groups is 1. The Kier molecular flexibility index (Phi) is 6.13. The van der Waals surface area contributed by atoms with Crippen LogP contribution in [-0.2, 0) is 4.79 Å². The third-order valence-electron chi connectivity index (χ3n) is 2.26. The number of likely N-dealkylation sites (N-methyl/N-ethyl adjacent to an activating group) is 1. The lowest BCUT2D eigenvalue weighted by Crippen LogP contribution is -2.37. The fourth-order valence-corrected chi connectivity index (χ4v) is 1.44. The second-order valence-corrected chi connectivity index (χ2v) is 3.64. The molecule has 0 spiro atoms. The zero-order valence-corrected chi connectivity index (χ0v) is 10.7. The molecule has 0 fully saturated rings. The van der Waals surface area contributed by atoms with Crippen LogP contribution in [0.1, 0.15) is 22.8 Å². The molecule has 0 aromatic heterocycles. The summed E-state index contributed by atoms with van der Waals surface area (Å²) in [5, 5.41) is 13.8. The lowest BCUT2D eigenvalue weighted by atomic mass is 10.1. The van der Waals surface area contributed by atoms with Gasteiger partial charge in [0, 0.05) is 12.1 Å². The van der Waals surface area contributed by atoms with Gasteiger partial charge in [0.1, 0.15) is 6.61 Å². The van der Waals surface area contributed by atoms with Gasteiger partial charge in [-0.1, -0.05) is 24.0 Å². The lowest BCUT2D eigenvalue weighted by Gasteiger charge is -2.06. The molecule has 0 aliphatic heterocycles. The Bertz CT molecular complexity index is 515. The van der Waals surface area contributed by atoms with E-state index >= 15 is 0 Å². The van der Waals surface area contributed by atoms with Gasteiger partial charge in [-0.25, -0.2) is 0 Å². The van der Waals surface area contributed by atoms with Crippen molar-refractivity contribution >= 4 is 11.8 Å². The number of aliphatic hydroxyl groups excluding tert-OH is 1. The van der Waals surface area contributed by atoms with Gasteiger partial charge >= 0.3 is 0 Å². The number of benzene rings is 1. The highest BCUT2D eigenvalue weighted by Gasteiger charge is 2.10. The van der Waals surface area contributed by atoms with Crippen LogP contribution >= 0.6 is 0 Å². The summed E-state index contributed by atoms with van der Waals surface area (Å²) >= 11 is 0. The molecule has 5 heteroatoms. The van der Waals surface area contributed by atoms with Crippen molar-refractivity contribution in [3.8, 4) is 11.8 Å². The zero-order valence-electron chi connectivity index (χ0n) is 10.7. The highest BCUT2D eigenvalue weighted by molar-refractivity contribution is 5.98. The van der Waals surface area contributed by atoms with Gasteiger partial charge in [-0.15, -0.1) is 0 Å². The summed E-state index contributed by atoms with van der Waals surface area (Å²) < 4.78 is 0. The molecule has 19 heavy (non-hydrogen) atoms. The summed E-state index contributed by atoms with van der Waals surface area (Å²) in [5.41, 5.74) is 0.901. The van der Waals surface area contributed by atoms with E-state index in [4.69, 9.17) is 5.11 Å². The van der Waals surface area contributed by atoms with Crippen LogP contribution in [0.25, 0.3) is 0 Å². The van der Waals surface area contributed by atoms with Crippen LogP contribution in [0.2, 0.25) is 0 Å².